The van der Waals surface area contributed by atoms with Crippen molar-refractivity contribution >= 4 is 5.97 Å². The number of aryl methyl sites for hydroxylation is 1. The average Bonchev–Trinajstić information content (AvgIpc) is 3.02. The fourth-order valence-electron chi connectivity index (χ4n) is 2.84. The van der Waals surface area contributed by atoms with Crippen LogP contribution < -0.4 is 10.5 Å². The number of methoxy groups -OCH3 is 1. The highest BCUT2D eigenvalue weighted by atomic mass is 16.5. The lowest BCUT2D eigenvalue weighted by Gasteiger charge is -2.24. The van der Waals surface area contributed by atoms with Crippen molar-refractivity contribution in [1.82, 2.24) is 10.2 Å². The van der Waals surface area contributed by atoms with Crippen molar-refractivity contribution in [1.29, 1.82) is 5.26 Å². The van der Waals surface area contributed by atoms with Gasteiger partial charge in [0, 0.05) is 11.3 Å². The van der Waals surface area contributed by atoms with Gasteiger partial charge in [-0.3, -0.25) is 5.10 Å². The fraction of sp³-hybridized carbons (Fsp3) is 0.235. The lowest BCUT2D eigenvalue weighted by molar-refractivity contribution is 0.0600. The second-order valence-corrected chi connectivity index (χ2v) is 5.31. The van der Waals surface area contributed by atoms with Gasteiger partial charge in [-0.1, -0.05) is 19.1 Å². The second-order valence-electron chi connectivity index (χ2n) is 5.31. The Balaban J connectivity index is 2.12. The molecule has 0 saturated heterocycles. The number of esters is 1. The summed E-state index contributed by atoms with van der Waals surface area (Å²) in [7, 11) is 1.33. The largest absolute Gasteiger partial charge is 0.465 e. The Labute approximate surface area is 138 Å². The number of nitrogens with one attached hydrogen (secondary N) is 1. The molecule has 1 unspecified atom stereocenters. The summed E-state index contributed by atoms with van der Waals surface area (Å²) in [6.07, 6.45) is 0.709. The van der Waals surface area contributed by atoms with E-state index in [9.17, 15) is 10.1 Å². The van der Waals surface area contributed by atoms with E-state index < -0.39 is 5.97 Å². The van der Waals surface area contributed by atoms with E-state index in [1.165, 1.54) is 7.11 Å². The molecule has 1 aromatic heterocycles. The number of rotatable bonds is 3. The summed E-state index contributed by atoms with van der Waals surface area (Å²) in [6, 6.07) is 9.01. The molecule has 0 spiro atoms. The number of hydrogen-bond donors (Lipinski definition) is 2. The van der Waals surface area contributed by atoms with E-state index in [1.54, 1.807) is 24.3 Å². The van der Waals surface area contributed by atoms with Crippen LogP contribution in [0.1, 0.15) is 40.0 Å². The maximum Gasteiger partial charge on any atom is 0.337 e. The zero-order valence-electron chi connectivity index (χ0n) is 13.3. The van der Waals surface area contributed by atoms with Gasteiger partial charge >= 0.3 is 5.97 Å². The Kier molecular flexibility index (Phi) is 3.96. The van der Waals surface area contributed by atoms with Crippen LogP contribution in [0.2, 0.25) is 0 Å². The molecular formula is C17H16N4O3. The Morgan fingerprint density at radius 2 is 2.17 bits per heavy atom. The molecule has 3 N–H and O–H groups in total. The molecule has 0 aliphatic carbocycles. The SMILES string of the molecule is CCc1[nH]nc2c1C(c1ccc(C(=O)OC)cc1)C(C#N)=C(N)O2. The van der Waals surface area contributed by atoms with Crippen LogP contribution in [0.5, 0.6) is 5.88 Å². The van der Waals surface area contributed by atoms with Crippen LogP contribution in [0, 0.1) is 11.3 Å². The predicted molar refractivity (Wildman–Crippen MR) is 85.0 cm³/mol. The van der Waals surface area contributed by atoms with Gasteiger partial charge in [-0.15, -0.1) is 5.10 Å². The van der Waals surface area contributed by atoms with Crippen molar-refractivity contribution in [3.8, 4) is 11.9 Å². The van der Waals surface area contributed by atoms with Gasteiger partial charge in [-0.25, -0.2) is 4.79 Å². The van der Waals surface area contributed by atoms with E-state index in [1.807, 2.05) is 6.92 Å². The molecule has 122 valence electrons. The number of ether oxygens (including phenoxy) is 2. The average molecular weight is 324 g/mol. The van der Waals surface area contributed by atoms with Gasteiger partial charge in [0.05, 0.1) is 18.6 Å². The summed E-state index contributed by atoms with van der Waals surface area (Å²) < 4.78 is 10.2. The standard InChI is InChI=1S/C17H16N4O3/c1-3-12-14-13(9-4-6-10(7-5-9)17(22)23-2)11(8-18)15(19)24-16(14)21-20-12/h4-7,13H,3,19H2,1-2H3,(H,20,21). The molecule has 0 fully saturated rings. The highest BCUT2D eigenvalue weighted by molar-refractivity contribution is 5.89. The lowest BCUT2D eigenvalue weighted by atomic mass is 9.83. The van der Waals surface area contributed by atoms with Crippen LogP contribution in [-0.4, -0.2) is 23.3 Å². The molecule has 1 aliphatic rings. The van der Waals surface area contributed by atoms with Gasteiger partial charge in [-0.05, 0) is 24.1 Å². The van der Waals surface area contributed by atoms with Crippen LogP contribution in [0.4, 0.5) is 0 Å². The number of carbonyl (C=O) groups excluding carboxylic acids is 1. The second kappa shape index (κ2) is 6.08. The maximum absolute atomic E-state index is 11.6. The van der Waals surface area contributed by atoms with Crippen molar-refractivity contribution in [3.63, 3.8) is 0 Å². The number of aromatic nitrogens is 2. The molecular weight excluding hydrogens is 308 g/mol. The third-order valence-electron chi connectivity index (χ3n) is 4.04. The van der Waals surface area contributed by atoms with E-state index in [0.717, 1.165) is 16.8 Å². The predicted octanol–water partition coefficient (Wildman–Crippen LogP) is 1.98. The van der Waals surface area contributed by atoms with Crippen LogP contribution in [-0.2, 0) is 11.2 Å². The van der Waals surface area contributed by atoms with Crippen molar-refractivity contribution in [2.24, 2.45) is 5.73 Å². The molecule has 0 amide bonds. The Hall–Kier alpha value is -3.27. The first-order chi connectivity index (χ1) is 11.6. The van der Waals surface area contributed by atoms with Crippen LogP contribution in [0.25, 0.3) is 0 Å². The molecule has 24 heavy (non-hydrogen) atoms. The van der Waals surface area contributed by atoms with Crippen LogP contribution >= 0.6 is 0 Å². The summed E-state index contributed by atoms with van der Waals surface area (Å²) in [4.78, 5) is 11.6. The lowest BCUT2D eigenvalue weighted by Crippen LogP contribution is -2.21. The molecule has 2 heterocycles. The minimum Gasteiger partial charge on any atom is -0.465 e. The molecule has 7 nitrogen and oxygen atoms in total. The first kappa shape index (κ1) is 15.6. The van der Waals surface area contributed by atoms with Gasteiger partial charge in [-0.2, -0.15) is 5.26 Å². The summed E-state index contributed by atoms with van der Waals surface area (Å²) >= 11 is 0. The summed E-state index contributed by atoms with van der Waals surface area (Å²) in [6.45, 7) is 1.99. The van der Waals surface area contributed by atoms with E-state index in [-0.39, 0.29) is 11.8 Å². The molecule has 7 heteroatoms. The number of nitriles is 1. The molecule has 0 saturated carbocycles. The van der Waals surface area contributed by atoms with Crippen LogP contribution in [0.15, 0.2) is 35.7 Å². The van der Waals surface area contributed by atoms with Gasteiger partial charge in [0.15, 0.2) is 0 Å². The monoisotopic (exact) mass is 324 g/mol. The molecule has 0 radical (unpaired) electrons. The summed E-state index contributed by atoms with van der Waals surface area (Å²) in [5, 5.41) is 16.6. The van der Waals surface area contributed by atoms with Crippen molar-refractivity contribution in [2.45, 2.75) is 19.3 Å². The topological polar surface area (TPSA) is 114 Å². The first-order valence-corrected chi connectivity index (χ1v) is 7.43. The normalized spacial score (nSPS) is 16.1. The fourth-order valence-corrected chi connectivity index (χ4v) is 2.84. The summed E-state index contributed by atoms with van der Waals surface area (Å²) in [5.74, 6) is -0.381. The number of carbonyl (C=O) groups is 1. The molecule has 1 aliphatic heterocycles. The zero-order chi connectivity index (χ0) is 17.3. The number of nitrogens with two attached hydrogens (primary N) is 1. The number of fused-ring (bicyclic) bond motifs is 1. The third kappa shape index (κ3) is 2.38. The molecule has 0 bridgehead atoms. The maximum atomic E-state index is 11.6. The quantitative estimate of drug-likeness (QED) is 0.834. The number of allylic oxidation sites excluding steroid dienone is 1. The van der Waals surface area contributed by atoms with Gasteiger partial charge in [0.1, 0.15) is 11.6 Å². The number of hydrogen-bond acceptors (Lipinski definition) is 6. The molecule has 1 atom stereocenters. The van der Waals surface area contributed by atoms with E-state index in [2.05, 4.69) is 16.3 Å². The Morgan fingerprint density at radius 3 is 2.75 bits per heavy atom. The van der Waals surface area contributed by atoms with E-state index in [4.69, 9.17) is 15.2 Å². The highest BCUT2D eigenvalue weighted by Crippen LogP contribution is 2.42. The molecule has 2 aromatic rings. The van der Waals surface area contributed by atoms with Crippen molar-refractivity contribution in [2.75, 3.05) is 7.11 Å². The number of nitrogens with zero attached hydrogens (tertiary/aromatic N) is 2. The molecule has 1 aromatic carbocycles. The van der Waals surface area contributed by atoms with Gasteiger partial charge in [0.2, 0.25) is 11.8 Å². The number of benzene rings is 1. The highest BCUT2D eigenvalue weighted by Gasteiger charge is 2.34. The molecule has 3 rings (SSSR count). The van der Waals surface area contributed by atoms with Crippen molar-refractivity contribution in [3.05, 3.63) is 58.1 Å². The first-order valence-electron chi connectivity index (χ1n) is 7.43. The van der Waals surface area contributed by atoms with E-state index in [0.29, 0.717) is 23.4 Å². The Morgan fingerprint density at radius 1 is 1.46 bits per heavy atom. The minimum absolute atomic E-state index is 0.0428. The van der Waals surface area contributed by atoms with Crippen molar-refractivity contribution < 1.29 is 14.3 Å². The number of aromatic amines is 1. The van der Waals surface area contributed by atoms with Gasteiger partial charge in [0.25, 0.3) is 0 Å². The van der Waals surface area contributed by atoms with Gasteiger partial charge < -0.3 is 15.2 Å². The summed E-state index contributed by atoms with van der Waals surface area (Å²) in [5.41, 5.74) is 9.15. The Bertz CT molecular complexity index is 859. The third-order valence-corrected chi connectivity index (χ3v) is 4.04. The smallest absolute Gasteiger partial charge is 0.337 e. The van der Waals surface area contributed by atoms with E-state index >= 15 is 0 Å². The number of H-pyrrole nitrogens is 1. The minimum atomic E-state index is -0.415. The van der Waals surface area contributed by atoms with Crippen LogP contribution in [0.3, 0.4) is 0 Å². The zero-order valence-corrected chi connectivity index (χ0v) is 13.3.